The minimum Gasteiger partial charge on any atom is -0.340 e. The van der Waals surface area contributed by atoms with Gasteiger partial charge >= 0.3 is 0 Å². The van der Waals surface area contributed by atoms with Crippen molar-refractivity contribution in [1.29, 1.82) is 0 Å². The van der Waals surface area contributed by atoms with Gasteiger partial charge in [0.05, 0.1) is 0 Å². The third kappa shape index (κ3) is 2.52. The molecule has 3 nitrogen and oxygen atoms in total. The molecule has 0 fully saturated rings. The van der Waals surface area contributed by atoms with Crippen LogP contribution in [0.25, 0.3) is 0 Å². The molecule has 0 aliphatic carbocycles. The van der Waals surface area contributed by atoms with Gasteiger partial charge in [-0.2, -0.15) is 5.10 Å². The van der Waals surface area contributed by atoms with E-state index in [1.807, 2.05) is 6.92 Å². The molecule has 1 heterocycles. The lowest BCUT2D eigenvalue weighted by Crippen LogP contribution is -2.55. The number of halogens is 5. The van der Waals surface area contributed by atoms with Gasteiger partial charge in [0, 0.05) is 13.6 Å². The highest BCUT2D eigenvalue weighted by Crippen LogP contribution is 2.50. The zero-order valence-corrected chi connectivity index (χ0v) is 11.9. The zero-order valence-electron chi connectivity index (χ0n) is 8.09. The molecule has 88 valence electrons. The molecule has 1 rings (SSSR count). The molecular formula is C7H10Cl5N3. The number of alkyl halides is 5. The molecule has 8 heteroatoms. The summed E-state index contributed by atoms with van der Waals surface area (Å²) in [5, 5.41) is 5.74. The average molecular weight is 313 g/mol. The Kier molecular flexibility index (Phi) is 4.17. The van der Waals surface area contributed by atoms with Gasteiger partial charge in [-0.15, -0.1) is 0 Å². The second-order valence-corrected chi connectivity index (χ2v) is 6.81. The lowest BCUT2D eigenvalue weighted by Gasteiger charge is -2.39. The summed E-state index contributed by atoms with van der Waals surface area (Å²) < 4.78 is -3.37. The first kappa shape index (κ1) is 13.8. The van der Waals surface area contributed by atoms with E-state index in [4.69, 9.17) is 58.0 Å². The van der Waals surface area contributed by atoms with Crippen LogP contribution in [-0.2, 0) is 0 Å². The van der Waals surface area contributed by atoms with Crippen LogP contribution in [0.4, 0.5) is 0 Å². The molecule has 0 saturated heterocycles. The number of hydrogen-bond donors (Lipinski definition) is 0. The normalized spacial score (nSPS) is 22.7. The number of hydrazone groups is 1. The molecule has 0 radical (unpaired) electrons. The Hall–Kier alpha value is 0.720. The molecule has 1 atom stereocenters. The van der Waals surface area contributed by atoms with Crippen molar-refractivity contribution < 1.29 is 0 Å². The van der Waals surface area contributed by atoms with Crippen LogP contribution < -0.4 is 0 Å². The summed E-state index contributed by atoms with van der Waals surface area (Å²) in [4.78, 5) is 1.70. The third-order valence-electron chi connectivity index (χ3n) is 2.08. The first-order valence-electron chi connectivity index (χ1n) is 4.19. The Bertz CT molecular complexity index is 262. The lowest BCUT2D eigenvalue weighted by atomic mass is 10.3. The highest BCUT2D eigenvalue weighted by atomic mass is 35.6. The predicted molar refractivity (Wildman–Crippen MR) is 67.2 cm³/mol. The van der Waals surface area contributed by atoms with Gasteiger partial charge in [0.25, 0.3) is 0 Å². The van der Waals surface area contributed by atoms with E-state index < -0.39 is 14.3 Å². The largest absolute Gasteiger partial charge is 0.340 e. The highest BCUT2D eigenvalue weighted by molar-refractivity contribution is 6.75. The first-order valence-corrected chi connectivity index (χ1v) is 6.08. The molecule has 0 saturated carbocycles. The maximum atomic E-state index is 6.09. The second-order valence-electron chi connectivity index (χ2n) is 3.15. The van der Waals surface area contributed by atoms with E-state index in [0.717, 1.165) is 0 Å². The van der Waals surface area contributed by atoms with Gasteiger partial charge in [0.2, 0.25) is 8.13 Å². The Morgan fingerprint density at radius 1 is 1.27 bits per heavy atom. The van der Waals surface area contributed by atoms with Crippen LogP contribution in [0.2, 0.25) is 0 Å². The summed E-state index contributed by atoms with van der Waals surface area (Å²) in [7, 11) is 1.76. The number of rotatable bonds is 2. The van der Waals surface area contributed by atoms with Gasteiger partial charge in [0.1, 0.15) is 6.34 Å². The SMILES string of the molecule is CCN1N=CN(C)C1C(Cl)(Cl)C(Cl)(Cl)Cl. The first-order chi connectivity index (χ1) is 6.71. The van der Waals surface area contributed by atoms with Gasteiger partial charge in [-0.05, 0) is 6.92 Å². The summed E-state index contributed by atoms with van der Waals surface area (Å²) >= 11 is 29.4. The maximum absolute atomic E-state index is 6.09. The van der Waals surface area contributed by atoms with E-state index in [1.165, 1.54) is 0 Å². The minimum absolute atomic E-state index is 0.502. The predicted octanol–water partition coefficient (Wildman–Crippen LogP) is 3.07. The van der Waals surface area contributed by atoms with Crippen LogP contribution in [0.5, 0.6) is 0 Å². The monoisotopic (exact) mass is 311 g/mol. The summed E-state index contributed by atoms with van der Waals surface area (Å²) in [5.41, 5.74) is 0. The minimum atomic E-state index is -1.80. The van der Waals surface area contributed by atoms with Gasteiger partial charge in [0.15, 0.2) is 6.17 Å². The van der Waals surface area contributed by atoms with Crippen molar-refractivity contribution in [2.75, 3.05) is 13.6 Å². The van der Waals surface area contributed by atoms with E-state index >= 15 is 0 Å². The van der Waals surface area contributed by atoms with Crippen molar-refractivity contribution in [3.05, 3.63) is 0 Å². The fourth-order valence-electron chi connectivity index (χ4n) is 1.33. The molecule has 0 amide bonds. The second kappa shape index (κ2) is 4.53. The van der Waals surface area contributed by atoms with Gasteiger partial charge in [-0.3, -0.25) is 5.01 Å². The standard InChI is InChI=1S/C7H10Cl5N3/c1-3-15-5(14(2)4-13-15)6(8,9)7(10,11)12/h4-5H,3H2,1-2H3. The third-order valence-corrected chi connectivity index (χ3v) is 4.51. The molecule has 1 aliphatic rings. The average Bonchev–Trinajstić information content (AvgIpc) is 2.44. The molecule has 0 aromatic heterocycles. The fraction of sp³-hybridized carbons (Fsp3) is 0.857. The maximum Gasteiger partial charge on any atom is 0.227 e. The summed E-state index contributed by atoms with van der Waals surface area (Å²) in [6.07, 6.45) is 1.09. The smallest absolute Gasteiger partial charge is 0.227 e. The van der Waals surface area contributed by atoms with Crippen LogP contribution in [0.1, 0.15) is 6.92 Å². The topological polar surface area (TPSA) is 18.8 Å². The molecule has 0 spiro atoms. The highest BCUT2D eigenvalue weighted by Gasteiger charge is 2.56. The Balaban J connectivity index is 2.96. The van der Waals surface area contributed by atoms with Crippen molar-refractivity contribution in [3.8, 4) is 0 Å². The molecule has 1 unspecified atom stereocenters. The molecular weight excluding hydrogens is 303 g/mol. The van der Waals surface area contributed by atoms with Crippen molar-refractivity contribution in [2.24, 2.45) is 5.10 Å². The van der Waals surface area contributed by atoms with Gasteiger partial charge in [-0.25, -0.2) is 0 Å². The van der Waals surface area contributed by atoms with E-state index in [0.29, 0.717) is 6.54 Å². The summed E-state index contributed by atoms with van der Waals surface area (Å²) in [5.74, 6) is 0. The zero-order chi connectivity index (χ0) is 11.9. The van der Waals surface area contributed by atoms with Crippen molar-refractivity contribution in [2.45, 2.75) is 21.2 Å². The van der Waals surface area contributed by atoms with Crippen molar-refractivity contribution in [1.82, 2.24) is 9.91 Å². The summed E-state index contributed by atoms with van der Waals surface area (Å²) in [6.45, 7) is 2.53. The van der Waals surface area contributed by atoms with Crippen LogP contribution >= 0.6 is 58.0 Å². The van der Waals surface area contributed by atoms with Crippen LogP contribution in [0.3, 0.4) is 0 Å². The number of hydrogen-bond acceptors (Lipinski definition) is 3. The lowest BCUT2D eigenvalue weighted by molar-refractivity contribution is 0.137. The van der Waals surface area contributed by atoms with E-state index in [9.17, 15) is 0 Å². The van der Waals surface area contributed by atoms with Gasteiger partial charge in [-0.1, -0.05) is 58.0 Å². The van der Waals surface area contributed by atoms with Crippen LogP contribution in [-0.4, -0.2) is 44.1 Å². The summed E-state index contributed by atoms with van der Waals surface area (Å²) in [6, 6.07) is 0. The van der Waals surface area contributed by atoms with E-state index in [1.54, 1.807) is 23.3 Å². The van der Waals surface area contributed by atoms with Gasteiger partial charge < -0.3 is 4.90 Å². The molecule has 0 aromatic rings. The van der Waals surface area contributed by atoms with E-state index in [-0.39, 0.29) is 0 Å². The Labute approximate surface area is 114 Å². The molecule has 0 aromatic carbocycles. The van der Waals surface area contributed by atoms with Crippen LogP contribution in [0.15, 0.2) is 5.10 Å². The molecule has 1 aliphatic heterocycles. The van der Waals surface area contributed by atoms with Crippen molar-refractivity contribution >= 4 is 64.3 Å². The molecule has 0 N–H and O–H groups in total. The van der Waals surface area contributed by atoms with E-state index in [2.05, 4.69) is 5.10 Å². The number of nitrogens with zero attached hydrogens (tertiary/aromatic N) is 3. The quantitative estimate of drug-likeness (QED) is 0.730. The Morgan fingerprint density at radius 2 is 1.80 bits per heavy atom. The van der Waals surface area contributed by atoms with Crippen molar-refractivity contribution in [3.63, 3.8) is 0 Å². The van der Waals surface area contributed by atoms with Crippen LogP contribution in [0, 0.1) is 0 Å². The molecule has 0 bridgehead atoms. The Morgan fingerprint density at radius 3 is 2.20 bits per heavy atom. The fourth-order valence-corrected chi connectivity index (χ4v) is 2.15. The molecule has 15 heavy (non-hydrogen) atoms.